The van der Waals surface area contributed by atoms with Gasteiger partial charge in [0.2, 0.25) is 0 Å². The van der Waals surface area contributed by atoms with Crippen LogP contribution in [0.15, 0.2) is 182 Å². The Morgan fingerprint density at radius 3 is 1.58 bits per heavy atom. The van der Waals surface area contributed by atoms with Gasteiger partial charge in [-0.1, -0.05) is 178 Å². The summed E-state index contributed by atoms with van der Waals surface area (Å²) in [5, 5.41) is 5.06. The van der Waals surface area contributed by atoms with Gasteiger partial charge in [-0.3, -0.25) is 0 Å². The van der Waals surface area contributed by atoms with Crippen LogP contribution < -0.4 is 0 Å². The zero-order chi connectivity index (χ0) is 35.5. The van der Waals surface area contributed by atoms with E-state index in [1.807, 2.05) is 18.2 Å². The monoisotopic (exact) mass is 676 g/mol. The summed E-state index contributed by atoms with van der Waals surface area (Å²) in [5.41, 5.74) is 15.1. The number of hydrogen-bond acceptors (Lipinski definition) is 2. The number of nitrogens with zero attached hydrogens (tertiary/aromatic N) is 2. The molecule has 1 aromatic heterocycles. The summed E-state index contributed by atoms with van der Waals surface area (Å²) in [6.45, 7) is 4.71. The van der Waals surface area contributed by atoms with Crippen LogP contribution in [0.2, 0.25) is 0 Å². The summed E-state index contributed by atoms with van der Waals surface area (Å²) < 4.78 is 0. The smallest absolute Gasteiger partial charge is 0.160 e. The van der Waals surface area contributed by atoms with E-state index >= 15 is 0 Å². The highest BCUT2D eigenvalue weighted by atomic mass is 14.9. The number of fused-ring (bicyclic) bond motifs is 5. The van der Waals surface area contributed by atoms with Crippen LogP contribution in [-0.4, -0.2) is 9.97 Å². The van der Waals surface area contributed by atoms with Gasteiger partial charge in [0.05, 0.1) is 11.4 Å². The normalized spacial score (nSPS) is 12.9. The largest absolute Gasteiger partial charge is 0.228 e. The Labute approximate surface area is 310 Å². The molecule has 0 radical (unpaired) electrons. The van der Waals surface area contributed by atoms with Crippen molar-refractivity contribution in [2.24, 2.45) is 0 Å². The van der Waals surface area contributed by atoms with E-state index in [2.05, 4.69) is 178 Å². The van der Waals surface area contributed by atoms with E-state index in [1.54, 1.807) is 0 Å². The van der Waals surface area contributed by atoms with E-state index in [4.69, 9.17) is 9.97 Å². The lowest BCUT2D eigenvalue weighted by Gasteiger charge is -2.22. The maximum Gasteiger partial charge on any atom is 0.160 e. The van der Waals surface area contributed by atoms with Crippen LogP contribution >= 0.6 is 0 Å². The van der Waals surface area contributed by atoms with Crippen molar-refractivity contribution in [3.63, 3.8) is 0 Å². The summed E-state index contributed by atoms with van der Waals surface area (Å²) in [7, 11) is 0. The lowest BCUT2D eigenvalue weighted by atomic mass is 9.81. The molecule has 53 heavy (non-hydrogen) atoms. The first-order valence-electron chi connectivity index (χ1n) is 18.3. The third-order valence-electron chi connectivity index (χ3n) is 11.1. The molecule has 8 aromatic carbocycles. The summed E-state index contributed by atoms with van der Waals surface area (Å²) in [4.78, 5) is 10.2. The molecule has 250 valence electrons. The van der Waals surface area contributed by atoms with E-state index in [-0.39, 0.29) is 5.41 Å². The fourth-order valence-corrected chi connectivity index (χ4v) is 8.29. The predicted molar refractivity (Wildman–Crippen MR) is 222 cm³/mol. The van der Waals surface area contributed by atoms with Gasteiger partial charge >= 0.3 is 0 Å². The van der Waals surface area contributed by atoms with Gasteiger partial charge in [-0.15, -0.1) is 0 Å². The highest BCUT2D eigenvalue weighted by molar-refractivity contribution is 5.99. The molecule has 0 fully saturated rings. The standard InChI is InChI=1S/C51H36N2/c1-51(2)45-21-11-20-43(49(45)44-30-39-15-6-7-16-40(39)31-46(44)51)35-24-28-37(29-25-35)48-32-47(52-50(53-48)38-13-4-3-5-14-38)36-26-22-34(23-27-36)42-19-10-17-33-12-8-9-18-41(33)42/h3-32H,1-2H3. The Balaban J connectivity index is 1.05. The maximum absolute atomic E-state index is 5.13. The molecular weight excluding hydrogens is 641 g/mol. The van der Waals surface area contributed by atoms with Crippen LogP contribution in [0.25, 0.3) is 88.8 Å². The molecule has 0 saturated heterocycles. The predicted octanol–water partition coefficient (Wildman–Crippen LogP) is 13.4. The first-order valence-corrected chi connectivity index (χ1v) is 18.3. The number of aromatic nitrogens is 2. The molecule has 2 nitrogen and oxygen atoms in total. The molecule has 0 bridgehead atoms. The van der Waals surface area contributed by atoms with Gasteiger partial charge in [-0.25, -0.2) is 9.97 Å². The maximum atomic E-state index is 5.13. The highest BCUT2D eigenvalue weighted by Crippen LogP contribution is 2.53. The number of hydrogen-bond donors (Lipinski definition) is 0. The van der Waals surface area contributed by atoms with E-state index in [0.29, 0.717) is 5.82 Å². The van der Waals surface area contributed by atoms with E-state index in [1.165, 1.54) is 66.1 Å². The zero-order valence-corrected chi connectivity index (χ0v) is 29.7. The van der Waals surface area contributed by atoms with Gasteiger partial charge in [0.1, 0.15) is 0 Å². The zero-order valence-electron chi connectivity index (χ0n) is 29.7. The van der Waals surface area contributed by atoms with Gasteiger partial charge in [0.15, 0.2) is 5.82 Å². The molecule has 0 aliphatic heterocycles. The van der Waals surface area contributed by atoms with Crippen molar-refractivity contribution >= 4 is 21.5 Å². The van der Waals surface area contributed by atoms with E-state index in [0.717, 1.165) is 28.1 Å². The van der Waals surface area contributed by atoms with Crippen molar-refractivity contribution in [1.29, 1.82) is 0 Å². The average Bonchev–Trinajstić information content (AvgIpc) is 3.45. The third kappa shape index (κ3) is 5.26. The van der Waals surface area contributed by atoms with Crippen LogP contribution in [0, 0.1) is 0 Å². The Morgan fingerprint density at radius 1 is 0.358 bits per heavy atom. The highest BCUT2D eigenvalue weighted by Gasteiger charge is 2.37. The Hall–Kier alpha value is -6.64. The lowest BCUT2D eigenvalue weighted by molar-refractivity contribution is 0.661. The summed E-state index contributed by atoms with van der Waals surface area (Å²) in [5.74, 6) is 0.715. The molecule has 1 heterocycles. The van der Waals surface area contributed by atoms with Gasteiger partial charge in [-0.05, 0) is 84.3 Å². The minimum absolute atomic E-state index is 0.0804. The van der Waals surface area contributed by atoms with Gasteiger partial charge in [0, 0.05) is 22.1 Å². The molecule has 1 aliphatic carbocycles. The SMILES string of the molecule is CC1(C)c2cc3ccccc3cc2-c2c(-c3ccc(-c4cc(-c5ccc(-c6cccc7ccccc67)cc5)nc(-c5ccccc5)n4)cc3)cccc21. The average molecular weight is 677 g/mol. The van der Waals surface area contributed by atoms with Crippen LogP contribution in [0.5, 0.6) is 0 Å². The second-order valence-electron chi connectivity index (χ2n) is 14.6. The Morgan fingerprint density at radius 2 is 0.887 bits per heavy atom. The van der Waals surface area contributed by atoms with Crippen molar-refractivity contribution in [3.05, 3.63) is 193 Å². The van der Waals surface area contributed by atoms with Crippen molar-refractivity contribution in [1.82, 2.24) is 9.97 Å². The molecule has 0 saturated carbocycles. The topological polar surface area (TPSA) is 25.8 Å². The molecule has 1 aliphatic rings. The quantitative estimate of drug-likeness (QED) is 0.181. The van der Waals surface area contributed by atoms with Crippen molar-refractivity contribution in [2.75, 3.05) is 0 Å². The Bertz CT molecular complexity index is 2830. The fourth-order valence-electron chi connectivity index (χ4n) is 8.29. The minimum atomic E-state index is -0.0804. The molecule has 2 heteroatoms. The van der Waals surface area contributed by atoms with Crippen molar-refractivity contribution < 1.29 is 0 Å². The van der Waals surface area contributed by atoms with E-state index < -0.39 is 0 Å². The van der Waals surface area contributed by atoms with Crippen LogP contribution in [0.1, 0.15) is 25.0 Å². The summed E-state index contributed by atoms with van der Waals surface area (Å²) in [6, 6.07) is 65.4. The van der Waals surface area contributed by atoms with Crippen molar-refractivity contribution in [2.45, 2.75) is 19.3 Å². The van der Waals surface area contributed by atoms with Gasteiger partial charge in [0.25, 0.3) is 0 Å². The Kier molecular flexibility index (Phi) is 7.19. The fraction of sp³-hybridized carbons (Fsp3) is 0.0588. The second-order valence-corrected chi connectivity index (χ2v) is 14.6. The number of rotatable bonds is 5. The third-order valence-corrected chi connectivity index (χ3v) is 11.1. The van der Waals surface area contributed by atoms with Gasteiger partial charge in [-0.2, -0.15) is 0 Å². The number of benzene rings is 8. The molecule has 0 unspecified atom stereocenters. The first kappa shape index (κ1) is 31.1. The molecule has 0 atom stereocenters. The minimum Gasteiger partial charge on any atom is -0.228 e. The van der Waals surface area contributed by atoms with Crippen LogP contribution in [-0.2, 0) is 5.41 Å². The molecule has 0 amide bonds. The first-order chi connectivity index (χ1) is 26.0. The van der Waals surface area contributed by atoms with Crippen molar-refractivity contribution in [3.8, 4) is 67.3 Å². The summed E-state index contributed by atoms with van der Waals surface area (Å²) >= 11 is 0. The molecule has 10 rings (SSSR count). The van der Waals surface area contributed by atoms with Crippen LogP contribution in [0.4, 0.5) is 0 Å². The van der Waals surface area contributed by atoms with E-state index in [9.17, 15) is 0 Å². The summed E-state index contributed by atoms with van der Waals surface area (Å²) in [6.07, 6.45) is 0. The second kappa shape index (κ2) is 12.3. The lowest BCUT2D eigenvalue weighted by Crippen LogP contribution is -2.14. The van der Waals surface area contributed by atoms with Gasteiger partial charge < -0.3 is 0 Å². The molecule has 0 spiro atoms. The molecular formula is C51H36N2. The molecule has 9 aromatic rings. The van der Waals surface area contributed by atoms with Crippen LogP contribution in [0.3, 0.4) is 0 Å². The molecule has 0 N–H and O–H groups in total.